The quantitative estimate of drug-likeness (QED) is 0.889. The van der Waals surface area contributed by atoms with Crippen LogP contribution < -0.4 is 4.90 Å². The monoisotopic (exact) mass is 248 g/mol. The fourth-order valence-electron chi connectivity index (χ4n) is 2.45. The Hall–Kier alpha value is -1.58. The first-order chi connectivity index (χ1) is 8.40. The molecule has 4 nitrogen and oxygen atoms in total. The summed E-state index contributed by atoms with van der Waals surface area (Å²) in [6.07, 6.45) is 1.23. The number of pyridine rings is 1. The van der Waals surface area contributed by atoms with E-state index in [2.05, 4.69) is 11.9 Å². The average Bonchev–Trinajstić information content (AvgIpc) is 2.92. The van der Waals surface area contributed by atoms with Gasteiger partial charge in [-0.15, -0.1) is 0 Å². The number of carboxylic acids is 1. The molecule has 0 aromatic carbocycles. The maximum absolute atomic E-state index is 11.4. The number of aromatic carboxylic acids is 1. The van der Waals surface area contributed by atoms with Crippen LogP contribution in [0.2, 0.25) is 0 Å². The lowest BCUT2D eigenvalue weighted by atomic mass is 10.1. The molecule has 18 heavy (non-hydrogen) atoms. The lowest BCUT2D eigenvalue weighted by Crippen LogP contribution is -2.25. The third-order valence-corrected chi connectivity index (χ3v) is 3.69. The second-order valence-corrected chi connectivity index (χ2v) is 5.44. The van der Waals surface area contributed by atoms with Crippen LogP contribution in [0.3, 0.4) is 0 Å². The van der Waals surface area contributed by atoms with Crippen LogP contribution in [0, 0.1) is 25.7 Å². The first-order valence-corrected chi connectivity index (χ1v) is 6.32. The van der Waals surface area contributed by atoms with Crippen LogP contribution in [0.5, 0.6) is 0 Å². The van der Waals surface area contributed by atoms with Gasteiger partial charge < -0.3 is 10.0 Å². The maximum atomic E-state index is 11.4. The van der Waals surface area contributed by atoms with Crippen LogP contribution in [0.4, 0.5) is 5.82 Å². The summed E-state index contributed by atoms with van der Waals surface area (Å²) in [7, 11) is 1.93. The predicted octanol–water partition coefficient (Wildman–Crippen LogP) is 2.49. The number of aromatic nitrogens is 1. The Kier molecular flexibility index (Phi) is 3.28. The second kappa shape index (κ2) is 4.59. The van der Waals surface area contributed by atoms with E-state index in [0.29, 0.717) is 17.3 Å². The van der Waals surface area contributed by atoms with Crippen LogP contribution in [0.25, 0.3) is 0 Å². The molecule has 2 atom stereocenters. The number of rotatable bonds is 4. The van der Waals surface area contributed by atoms with Crippen molar-refractivity contribution in [2.45, 2.75) is 27.2 Å². The smallest absolute Gasteiger partial charge is 0.339 e. The summed E-state index contributed by atoms with van der Waals surface area (Å²) in [5.41, 5.74) is 1.97. The minimum Gasteiger partial charge on any atom is -0.478 e. The van der Waals surface area contributed by atoms with Crippen molar-refractivity contribution in [3.05, 3.63) is 22.9 Å². The summed E-state index contributed by atoms with van der Waals surface area (Å²) >= 11 is 0. The first kappa shape index (κ1) is 12.9. The minimum atomic E-state index is -0.898. The van der Waals surface area contributed by atoms with Gasteiger partial charge in [0.05, 0.1) is 0 Å². The van der Waals surface area contributed by atoms with Gasteiger partial charge in [-0.25, -0.2) is 9.78 Å². The molecule has 2 unspecified atom stereocenters. The van der Waals surface area contributed by atoms with E-state index in [0.717, 1.165) is 23.7 Å². The minimum absolute atomic E-state index is 0.330. The van der Waals surface area contributed by atoms with E-state index < -0.39 is 5.97 Å². The van der Waals surface area contributed by atoms with Gasteiger partial charge in [-0.05, 0) is 43.7 Å². The average molecular weight is 248 g/mol. The Morgan fingerprint density at radius 3 is 2.67 bits per heavy atom. The molecule has 1 fully saturated rings. The zero-order valence-corrected chi connectivity index (χ0v) is 11.4. The van der Waals surface area contributed by atoms with Gasteiger partial charge in [0.15, 0.2) is 0 Å². The van der Waals surface area contributed by atoms with Crippen molar-refractivity contribution in [1.82, 2.24) is 4.98 Å². The van der Waals surface area contributed by atoms with E-state index in [-0.39, 0.29) is 0 Å². The highest BCUT2D eigenvalue weighted by Crippen LogP contribution is 2.39. The van der Waals surface area contributed by atoms with Crippen LogP contribution in [0.15, 0.2) is 6.07 Å². The Balaban J connectivity index is 2.32. The van der Waals surface area contributed by atoms with Gasteiger partial charge in [0.25, 0.3) is 0 Å². The number of carboxylic acid groups (broad SMARTS) is 1. The standard InChI is InChI=1S/C14H20N2O2/c1-8-6-11(8)7-16(4)13-12(14(17)18)9(2)5-10(3)15-13/h5,8,11H,6-7H2,1-4H3,(H,17,18). The molecule has 0 aliphatic heterocycles. The van der Waals surface area contributed by atoms with Crippen molar-refractivity contribution in [2.75, 3.05) is 18.5 Å². The van der Waals surface area contributed by atoms with Gasteiger partial charge >= 0.3 is 5.97 Å². The molecule has 2 rings (SSSR count). The van der Waals surface area contributed by atoms with Gasteiger partial charge in [-0.2, -0.15) is 0 Å². The van der Waals surface area contributed by atoms with Gasteiger partial charge in [-0.3, -0.25) is 0 Å². The molecule has 4 heteroatoms. The van der Waals surface area contributed by atoms with E-state index in [9.17, 15) is 9.90 Å². The summed E-state index contributed by atoms with van der Waals surface area (Å²) in [6, 6.07) is 1.82. The van der Waals surface area contributed by atoms with E-state index in [1.807, 2.05) is 31.9 Å². The molecule has 1 aliphatic rings. The van der Waals surface area contributed by atoms with Gasteiger partial charge in [-0.1, -0.05) is 6.92 Å². The molecular formula is C14H20N2O2. The topological polar surface area (TPSA) is 53.4 Å². The van der Waals surface area contributed by atoms with Gasteiger partial charge in [0.1, 0.15) is 11.4 Å². The number of anilines is 1. The Bertz CT molecular complexity index is 485. The molecule has 1 aromatic rings. The van der Waals surface area contributed by atoms with Crippen molar-refractivity contribution < 1.29 is 9.90 Å². The molecule has 1 aromatic heterocycles. The molecule has 0 spiro atoms. The lowest BCUT2D eigenvalue weighted by molar-refractivity contribution is 0.0696. The van der Waals surface area contributed by atoms with Crippen molar-refractivity contribution in [1.29, 1.82) is 0 Å². The summed E-state index contributed by atoms with van der Waals surface area (Å²) in [5.74, 6) is 1.13. The van der Waals surface area contributed by atoms with Crippen LogP contribution >= 0.6 is 0 Å². The highest BCUT2D eigenvalue weighted by atomic mass is 16.4. The number of hydrogen-bond donors (Lipinski definition) is 1. The van der Waals surface area contributed by atoms with E-state index in [1.165, 1.54) is 6.42 Å². The van der Waals surface area contributed by atoms with Gasteiger partial charge in [0, 0.05) is 19.3 Å². The molecule has 1 heterocycles. The zero-order valence-electron chi connectivity index (χ0n) is 11.4. The summed E-state index contributed by atoms with van der Waals surface area (Å²) in [6.45, 7) is 6.84. The van der Waals surface area contributed by atoms with E-state index >= 15 is 0 Å². The molecule has 0 saturated heterocycles. The molecular weight excluding hydrogens is 228 g/mol. The highest BCUT2D eigenvalue weighted by molar-refractivity contribution is 5.95. The fraction of sp³-hybridized carbons (Fsp3) is 0.571. The number of nitrogens with zero attached hydrogens (tertiary/aromatic N) is 2. The van der Waals surface area contributed by atoms with Crippen LogP contribution in [-0.4, -0.2) is 29.7 Å². The van der Waals surface area contributed by atoms with E-state index in [4.69, 9.17) is 0 Å². The normalized spacial score (nSPS) is 21.8. The fourth-order valence-corrected chi connectivity index (χ4v) is 2.45. The maximum Gasteiger partial charge on any atom is 0.339 e. The van der Waals surface area contributed by atoms with Crippen molar-refractivity contribution in [3.8, 4) is 0 Å². The third kappa shape index (κ3) is 2.47. The largest absolute Gasteiger partial charge is 0.478 e. The van der Waals surface area contributed by atoms with Gasteiger partial charge in [0.2, 0.25) is 0 Å². The number of hydrogen-bond acceptors (Lipinski definition) is 3. The second-order valence-electron chi connectivity index (χ2n) is 5.44. The molecule has 1 aliphatic carbocycles. The van der Waals surface area contributed by atoms with Crippen molar-refractivity contribution in [2.24, 2.45) is 11.8 Å². The van der Waals surface area contributed by atoms with Crippen LogP contribution in [0.1, 0.15) is 35.0 Å². The third-order valence-electron chi connectivity index (χ3n) is 3.69. The Morgan fingerprint density at radius 1 is 1.56 bits per heavy atom. The van der Waals surface area contributed by atoms with Crippen molar-refractivity contribution >= 4 is 11.8 Å². The molecule has 0 bridgehead atoms. The molecule has 98 valence electrons. The predicted molar refractivity (Wildman–Crippen MR) is 71.2 cm³/mol. The number of aryl methyl sites for hydroxylation is 2. The summed E-state index contributed by atoms with van der Waals surface area (Å²) in [4.78, 5) is 17.7. The highest BCUT2D eigenvalue weighted by Gasteiger charge is 2.34. The van der Waals surface area contributed by atoms with Crippen molar-refractivity contribution in [3.63, 3.8) is 0 Å². The molecule has 0 radical (unpaired) electrons. The summed E-state index contributed by atoms with van der Waals surface area (Å²) in [5, 5.41) is 9.32. The molecule has 0 amide bonds. The first-order valence-electron chi connectivity index (χ1n) is 6.32. The zero-order chi connectivity index (χ0) is 13.4. The molecule has 1 N–H and O–H groups in total. The Labute approximate surface area is 108 Å². The molecule has 1 saturated carbocycles. The lowest BCUT2D eigenvalue weighted by Gasteiger charge is -2.21. The van der Waals surface area contributed by atoms with Crippen LogP contribution in [-0.2, 0) is 0 Å². The van der Waals surface area contributed by atoms with E-state index in [1.54, 1.807) is 0 Å². The number of carbonyl (C=O) groups is 1. The Morgan fingerprint density at radius 2 is 2.17 bits per heavy atom. The SMILES string of the molecule is Cc1cc(C)c(C(=O)O)c(N(C)CC2CC2C)n1. The summed E-state index contributed by atoms with van der Waals surface area (Å²) < 4.78 is 0.